The van der Waals surface area contributed by atoms with Gasteiger partial charge in [0.25, 0.3) is 0 Å². The molecule has 1 unspecified atom stereocenters. The molecule has 0 spiro atoms. The molecule has 46 heavy (non-hydrogen) atoms. The largest absolute Gasteiger partial charge is 0.494 e. The third-order valence-electron chi connectivity index (χ3n) is 8.84. The lowest BCUT2D eigenvalue weighted by molar-refractivity contribution is -0.111. The normalized spacial score (nSPS) is 16.7. The number of nitrogens with zero attached hydrogens (tertiary/aromatic N) is 5. The van der Waals surface area contributed by atoms with Gasteiger partial charge in [0.05, 0.1) is 36.8 Å². The van der Waals surface area contributed by atoms with Crippen molar-refractivity contribution in [1.82, 2.24) is 14.9 Å². The fourth-order valence-electron chi connectivity index (χ4n) is 6.08. The molecule has 2 fully saturated rings. The number of hydrogen-bond acceptors (Lipinski definition) is 9. The summed E-state index contributed by atoms with van der Waals surface area (Å²) in [4.78, 5) is 32.2. The Bertz CT molecular complexity index is 1730. The number of benzene rings is 3. The van der Waals surface area contributed by atoms with Crippen molar-refractivity contribution in [2.75, 3.05) is 67.5 Å². The van der Waals surface area contributed by atoms with E-state index in [2.05, 4.69) is 100 Å². The molecule has 6 rings (SSSR count). The third-order valence-corrected chi connectivity index (χ3v) is 8.84. The number of methoxy groups -OCH3 is 1. The first-order chi connectivity index (χ1) is 22.3. The molecule has 10 nitrogen and oxygen atoms in total. The summed E-state index contributed by atoms with van der Waals surface area (Å²) in [6.07, 6.45) is 3.62. The van der Waals surface area contributed by atoms with E-state index < -0.39 is 0 Å². The molecule has 2 saturated heterocycles. The van der Waals surface area contributed by atoms with Crippen molar-refractivity contribution in [2.24, 2.45) is 0 Å². The number of nitrogens with one attached hydrogen (secondary N) is 2. The fourth-order valence-corrected chi connectivity index (χ4v) is 6.08. The van der Waals surface area contributed by atoms with Crippen LogP contribution >= 0.6 is 0 Å². The predicted octanol–water partition coefficient (Wildman–Crippen LogP) is 6.27. The first-order valence-electron chi connectivity index (χ1n) is 15.6. The molecule has 0 aliphatic carbocycles. The van der Waals surface area contributed by atoms with Crippen LogP contribution in [0.1, 0.15) is 29.2 Å². The summed E-state index contributed by atoms with van der Waals surface area (Å²) in [6.45, 7) is 12.1. The zero-order valence-corrected chi connectivity index (χ0v) is 26.9. The first kappa shape index (κ1) is 31.1. The average Bonchev–Trinajstić information content (AvgIpc) is 3.57. The Morgan fingerprint density at radius 3 is 2.61 bits per heavy atom. The summed E-state index contributed by atoms with van der Waals surface area (Å²) in [6, 6.07) is 20.8. The number of aryl methyl sites for hydroxylation is 1. The van der Waals surface area contributed by atoms with E-state index in [9.17, 15) is 4.79 Å². The highest BCUT2D eigenvalue weighted by Gasteiger charge is 2.30. The van der Waals surface area contributed by atoms with Crippen molar-refractivity contribution >= 4 is 34.6 Å². The van der Waals surface area contributed by atoms with Crippen LogP contribution in [0.25, 0.3) is 11.1 Å². The average molecular weight is 620 g/mol. The molecule has 3 aromatic carbocycles. The molecule has 0 saturated carbocycles. The highest BCUT2D eigenvalue weighted by Crippen LogP contribution is 2.40. The van der Waals surface area contributed by atoms with E-state index in [0.29, 0.717) is 35.4 Å². The molecule has 2 aliphatic heterocycles. The Kier molecular flexibility index (Phi) is 9.18. The number of piperazine rings is 1. The lowest BCUT2D eigenvalue weighted by Gasteiger charge is -2.35. The molecule has 2 aliphatic rings. The maximum absolute atomic E-state index is 12.4. The smallest absolute Gasteiger partial charge is 0.247 e. The topological polar surface area (TPSA) is 95.1 Å². The predicted molar refractivity (Wildman–Crippen MR) is 184 cm³/mol. The fraction of sp³-hybridized carbons (Fsp3) is 0.306. The zero-order chi connectivity index (χ0) is 32.2. The molecule has 0 bridgehead atoms. The Hall–Kier alpha value is -4.93. The molecular formula is C36H41N7O3. The van der Waals surface area contributed by atoms with Gasteiger partial charge in [-0.2, -0.15) is 0 Å². The van der Waals surface area contributed by atoms with Crippen LogP contribution in [0.4, 0.5) is 28.7 Å². The quantitative estimate of drug-likeness (QED) is 0.210. The van der Waals surface area contributed by atoms with Gasteiger partial charge in [-0.3, -0.25) is 9.63 Å². The molecular weight excluding hydrogens is 578 g/mol. The van der Waals surface area contributed by atoms with E-state index in [-0.39, 0.29) is 11.9 Å². The second-order valence-electron chi connectivity index (χ2n) is 11.8. The number of likely N-dealkylation sites (N-methyl/N-ethyl adjacent to an activating group) is 1. The van der Waals surface area contributed by atoms with Gasteiger partial charge in [0.1, 0.15) is 17.9 Å². The van der Waals surface area contributed by atoms with Gasteiger partial charge in [0, 0.05) is 44.7 Å². The summed E-state index contributed by atoms with van der Waals surface area (Å²) in [5.41, 5.74) is 8.35. The van der Waals surface area contributed by atoms with Gasteiger partial charge < -0.3 is 25.2 Å². The lowest BCUT2D eigenvalue weighted by atomic mass is 9.94. The van der Waals surface area contributed by atoms with Crippen LogP contribution in [0.2, 0.25) is 0 Å². The Morgan fingerprint density at radius 1 is 1.02 bits per heavy atom. The maximum atomic E-state index is 12.4. The molecule has 1 aromatic heterocycles. The van der Waals surface area contributed by atoms with Crippen LogP contribution in [-0.4, -0.2) is 67.7 Å². The summed E-state index contributed by atoms with van der Waals surface area (Å²) in [5, 5.41) is 8.24. The van der Waals surface area contributed by atoms with Crippen LogP contribution in [-0.2, 0) is 9.63 Å². The number of carbonyl (C=O) groups is 1. The third kappa shape index (κ3) is 6.54. The summed E-state index contributed by atoms with van der Waals surface area (Å²) < 4.78 is 5.81. The zero-order valence-electron chi connectivity index (χ0n) is 26.9. The molecule has 238 valence electrons. The number of anilines is 5. The Labute approximate surface area is 270 Å². The second kappa shape index (κ2) is 13.6. The highest BCUT2D eigenvalue weighted by atomic mass is 16.7. The number of amides is 1. The van der Waals surface area contributed by atoms with Gasteiger partial charge in [-0.05, 0) is 66.9 Å². The SMILES string of the molecule is C=CC(=O)Nc1cc(Nc2cc(N3OCCC3c3cccc(-c4cccc(C)c4C)c3)ncn2)c(OC)cc1N1CCN(C)CC1. The number of hydrogen-bond donors (Lipinski definition) is 2. The number of hydroxylamine groups is 1. The van der Waals surface area contributed by atoms with E-state index in [4.69, 9.17) is 9.57 Å². The van der Waals surface area contributed by atoms with Gasteiger partial charge in [0.2, 0.25) is 5.91 Å². The van der Waals surface area contributed by atoms with Gasteiger partial charge in [-0.25, -0.2) is 15.0 Å². The van der Waals surface area contributed by atoms with Crippen molar-refractivity contribution in [2.45, 2.75) is 26.3 Å². The first-order valence-corrected chi connectivity index (χ1v) is 15.6. The minimum absolute atomic E-state index is 0.00839. The van der Waals surface area contributed by atoms with Crippen LogP contribution in [0.3, 0.4) is 0 Å². The van der Waals surface area contributed by atoms with Crippen molar-refractivity contribution in [3.8, 4) is 16.9 Å². The number of aromatic nitrogens is 2. The van der Waals surface area contributed by atoms with Crippen molar-refractivity contribution in [3.63, 3.8) is 0 Å². The highest BCUT2D eigenvalue weighted by molar-refractivity contribution is 6.02. The Morgan fingerprint density at radius 2 is 1.83 bits per heavy atom. The standard InChI is InChI=1S/C36H41N7O3/c1-6-36(44)40-29-20-30(33(45-5)21-32(29)42-16-14-41(4)15-17-42)39-34-22-35(38-23-37-34)43-31(13-18-46-43)27-11-8-10-26(19-27)28-12-7-9-24(2)25(28)3/h6-12,19-23,31H,1,13-18H2,2-5H3,(H,40,44)(H,37,38,39). The monoisotopic (exact) mass is 619 g/mol. The van der Waals surface area contributed by atoms with Crippen LogP contribution in [0.5, 0.6) is 5.75 Å². The minimum atomic E-state index is -0.283. The number of ether oxygens (including phenoxy) is 1. The second-order valence-corrected chi connectivity index (χ2v) is 11.8. The van der Waals surface area contributed by atoms with Crippen molar-refractivity contribution in [3.05, 3.63) is 96.3 Å². The van der Waals surface area contributed by atoms with Gasteiger partial charge in [0.15, 0.2) is 5.82 Å². The van der Waals surface area contributed by atoms with Crippen molar-refractivity contribution in [1.29, 1.82) is 0 Å². The van der Waals surface area contributed by atoms with Crippen LogP contribution < -0.4 is 25.3 Å². The minimum Gasteiger partial charge on any atom is -0.494 e. The van der Waals surface area contributed by atoms with Crippen LogP contribution in [0.15, 0.2) is 79.6 Å². The molecule has 1 atom stereocenters. The summed E-state index contributed by atoms with van der Waals surface area (Å²) in [5.74, 6) is 1.55. The molecule has 4 aromatic rings. The molecule has 1 amide bonds. The lowest BCUT2D eigenvalue weighted by Crippen LogP contribution is -2.44. The number of rotatable bonds is 9. The van der Waals surface area contributed by atoms with E-state index >= 15 is 0 Å². The van der Waals surface area contributed by atoms with Gasteiger partial charge in [-0.1, -0.05) is 43.0 Å². The maximum Gasteiger partial charge on any atom is 0.247 e. The van der Waals surface area contributed by atoms with E-state index in [1.165, 1.54) is 34.7 Å². The van der Waals surface area contributed by atoms with E-state index in [1.54, 1.807) is 7.11 Å². The molecule has 3 heterocycles. The van der Waals surface area contributed by atoms with E-state index in [1.807, 2.05) is 23.3 Å². The summed E-state index contributed by atoms with van der Waals surface area (Å²) in [7, 11) is 3.75. The molecule has 2 N–H and O–H groups in total. The van der Waals surface area contributed by atoms with Gasteiger partial charge >= 0.3 is 0 Å². The molecule has 10 heteroatoms. The number of carbonyl (C=O) groups excluding carboxylic acids is 1. The van der Waals surface area contributed by atoms with Crippen molar-refractivity contribution < 1.29 is 14.4 Å². The Balaban J connectivity index is 1.28. The van der Waals surface area contributed by atoms with Gasteiger partial charge in [-0.15, -0.1) is 0 Å². The van der Waals surface area contributed by atoms with Crippen LogP contribution in [0, 0.1) is 13.8 Å². The molecule has 0 radical (unpaired) electrons. The summed E-state index contributed by atoms with van der Waals surface area (Å²) >= 11 is 0. The van der Waals surface area contributed by atoms with E-state index in [0.717, 1.165) is 43.9 Å².